The Balaban J connectivity index is 1.76. The molecular formula is C20H19N3OS. The van der Waals surface area contributed by atoms with Crippen molar-refractivity contribution < 1.29 is 4.79 Å². The summed E-state index contributed by atoms with van der Waals surface area (Å²) in [6.45, 7) is 1.91. The van der Waals surface area contributed by atoms with E-state index in [0.29, 0.717) is 29.2 Å². The molecular weight excluding hydrogens is 330 g/mol. The van der Waals surface area contributed by atoms with Gasteiger partial charge in [-0.25, -0.2) is 9.97 Å². The zero-order chi connectivity index (χ0) is 17.6. The standard InChI is InChI=1S/C20H19N3OS/c1-14-7-10-17(20(22-14)23-16-5-3-2-4-6-16)18(24)11-8-15-9-12-19(25)21-13-15/h2-7,9-10,12-13H,8,11H2,1H3,(H,21,25)(H,22,23). The highest BCUT2D eigenvalue weighted by Gasteiger charge is 2.13. The van der Waals surface area contributed by atoms with E-state index in [9.17, 15) is 4.79 Å². The molecule has 0 fully saturated rings. The van der Waals surface area contributed by atoms with Crippen molar-refractivity contribution in [3.05, 3.63) is 77.6 Å². The van der Waals surface area contributed by atoms with Crippen LogP contribution < -0.4 is 5.32 Å². The van der Waals surface area contributed by atoms with E-state index in [0.717, 1.165) is 16.9 Å². The number of pyridine rings is 2. The Morgan fingerprint density at radius 2 is 1.88 bits per heavy atom. The second-order valence-electron chi connectivity index (χ2n) is 5.79. The minimum absolute atomic E-state index is 0.0564. The molecule has 0 spiro atoms. The monoisotopic (exact) mass is 349 g/mol. The van der Waals surface area contributed by atoms with E-state index in [1.807, 2.05) is 61.5 Å². The number of rotatable bonds is 6. The molecule has 5 heteroatoms. The Hall–Kier alpha value is -2.66. The summed E-state index contributed by atoms with van der Waals surface area (Å²) in [6.07, 6.45) is 2.80. The fourth-order valence-electron chi connectivity index (χ4n) is 2.49. The average Bonchev–Trinajstić information content (AvgIpc) is 2.62. The number of nitrogens with zero attached hydrogens (tertiary/aromatic N) is 2. The van der Waals surface area contributed by atoms with Crippen molar-refractivity contribution in [2.75, 3.05) is 5.32 Å². The van der Waals surface area contributed by atoms with E-state index in [1.165, 1.54) is 0 Å². The van der Waals surface area contributed by atoms with Gasteiger partial charge in [-0.05, 0) is 49.2 Å². The number of hydrogen-bond acceptors (Lipinski definition) is 5. The van der Waals surface area contributed by atoms with Gasteiger partial charge in [0, 0.05) is 24.0 Å². The number of carbonyl (C=O) groups excluding carboxylic acids is 1. The normalized spacial score (nSPS) is 10.5. The molecule has 0 aliphatic rings. The molecule has 126 valence electrons. The molecule has 0 aliphatic carbocycles. The van der Waals surface area contributed by atoms with Gasteiger partial charge in [0.25, 0.3) is 0 Å². The van der Waals surface area contributed by atoms with Crippen LogP contribution in [0.2, 0.25) is 0 Å². The second-order valence-corrected chi connectivity index (χ2v) is 6.25. The first-order valence-corrected chi connectivity index (χ1v) is 8.53. The van der Waals surface area contributed by atoms with Gasteiger partial charge in [0.05, 0.1) is 10.6 Å². The van der Waals surface area contributed by atoms with Gasteiger partial charge in [-0.15, -0.1) is 12.6 Å². The van der Waals surface area contributed by atoms with Crippen molar-refractivity contribution in [2.24, 2.45) is 0 Å². The van der Waals surface area contributed by atoms with E-state index in [2.05, 4.69) is 27.9 Å². The molecule has 0 bridgehead atoms. The summed E-state index contributed by atoms with van der Waals surface area (Å²) in [5.41, 5.74) is 3.39. The number of para-hydroxylation sites is 1. The van der Waals surface area contributed by atoms with Crippen LogP contribution in [0.5, 0.6) is 0 Å². The summed E-state index contributed by atoms with van der Waals surface area (Å²) in [6, 6.07) is 17.2. The molecule has 2 aromatic heterocycles. The fourth-order valence-corrected chi connectivity index (χ4v) is 2.62. The lowest BCUT2D eigenvalue weighted by atomic mass is 10.0. The highest BCUT2D eigenvalue weighted by molar-refractivity contribution is 7.80. The molecule has 1 aromatic carbocycles. The Morgan fingerprint density at radius 3 is 2.60 bits per heavy atom. The highest BCUT2D eigenvalue weighted by atomic mass is 32.1. The van der Waals surface area contributed by atoms with Gasteiger partial charge in [-0.2, -0.15) is 0 Å². The maximum absolute atomic E-state index is 12.7. The lowest BCUT2D eigenvalue weighted by Crippen LogP contribution is -2.08. The van der Waals surface area contributed by atoms with Crippen LogP contribution in [-0.2, 0) is 6.42 Å². The largest absolute Gasteiger partial charge is 0.340 e. The summed E-state index contributed by atoms with van der Waals surface area (Å²) < 4.78 is 0. The first-order chi connectivity index (χ1) is 12.1. The van der Waals surface area contributed by atoms with Crippen LogP contribution in [-0.4, -0.2) is 15.8 Å². The molecule has 25 heavy (non-hydrogen) atoms. The smallest absolute Gasteiger partial charge is 0.166 e. The van der Waals surface area contributed by atoms with Crippen LogP contribution in [0.25, 0.3) is 0 Å². The molecule has 0 atom stereocenters. The van der Waals surface area contributed by atoms with Gasteiger partial charge >= 0.3 is 0 Å². The quantitative estimate of drug-likeness (QED) is 0.503. The predicted octanol–water partition coefficient (Wildman–Crippen LogP) is 4.63. The summed E-state index contributed by atoms with van der Waals surface area (Å²) in [7, 11) is 0. The number of aromatic nitrogens is 2. The third kappa shape index (κ3) is 4.67. The van der Waals surface area contributed by atoms with E-state index < -0.39 is 0 Å². The molecule has 0 saturated heterocycles. The average molecular weight is 349 g/mol. The molecule has 0 unspecified atom stereocenters. The number of carbonyl (C=O) groups is 1. The number of anilines is 2. The Kier molecular flexibility index (Phi) is 5.46. The Labute approximate surface area is 152 Å². The van der Waals surface area contributed by atoms with Crippen LogP contribution in [0.15, 0.2) is 65.8 Å². The third-order valence-corrected chi connectivity index (χ3v) is 4.09. The number of hydrogen-bond donors (Lipinski definition) is 2. The summed E-state index contributed by atoms with van der Waals surface area (Å²) >= 11 is 4.17. The van der Waals surface area contributed by atoms with Gasteiger partial charge in [-0.1, -0.05) is 24.3 Å². The van der Waals surface area contributed by atoms with Crippen LogP contribution in [0.3, 0.4) is 0 Å². The van der Waals surface area contributed by atoms with Crippen LogP contribution in [0.1, 0.15) is 28.0 Å². The van der Waals surface area contributed by atoms with Crippen molar-refractivity contribution >= 4 is 29.9 Å². The summed E-state index contributed by atoms with van der Waals surface area (Å²) in [4.78, 5) is 21.3. The lowest BCUT2D eigenvalue weighted by molar-refractivity contribution is 0.0983. The van der Waals surface area contributed by atoms with Crippen LogP contribution >= 0.6 is 12.6 Å². The van der Waals surface area contributed by atoms with Gasteiger partial charge < -0.3 is 5.32 Å². The van der Waals surface area contributed by atoms with Crippen molar-refractivity contribution in [1.29, 1.82) is 0 Å². The number of ketones is 1. The van der Waals surface area contributed by atoms with Gasteiger partial charge in [-0.3, -0.25) is 4.79 Å². The number of nitrogens with one attached hydrogen (secondary N) is 1. The highest BCUT2D eigenvalue weighted by Crippen LogP contribution is 2.21. The van der Waals surface area contributed by atoms with Gasteiger partial charge in [0.2, 0.25) is 0 Å². The molecule has 0 aliphatic heterocycles. The second kappa shape index (κ2) is 7.94. The van der Waals surface area contributed by atoms with Gasteiger partial charge in [0.15, 0.2) is 5.78 Å². The van der Waals surface area contributed by atoms with Gasteiger partial charge in [0.1, 0.15) is 5.82 Å². The number of thiol groups is 1. The molecule has 1 N–H and O–H groups in total. The maximum Gasteiger partial charge on any atom is 0.166 e. The minimum Gasteiger partial charge on any atom is -0.340 e. The van der Waals surface area contributed by atoms with Crippen molar-refractivity contribution in [1.82, 2.24) is 9.97 Å². The summed E-state index contributed by atoms with van der Waals surface area (Å²) in [5.74, 6) is 0.654. The first-order valence-electron chi connectivity index (χ1n) is 8.08. The number of aryl methyl sites for hydroxylation is 2. The van der Waals surface area contributed by atoms with Crippen molar-refractivity contribution in [3.8, 4) is 0 Å². The van der Waals surface area contributed by atoms with Crippen LogP contribution in [0.4, 0.5) is 11.5 Å². The van der Waals surface area contributed by atoms with Crippen molar-refractivity contribution in [3.63, 3.8) is 0 Å². The minimum atomic E-state index is 0.0564. The zero-order valence-electron chi connectivity index (χ0n) is 13.9. The summed E-state index contributed by atoms with van der Waals surface area (Å²) in [5, 5.41) is 3.92. The molecule has 0 saturated carbocycles. The SMILES string of the molecule is Cc1ccc(C(=O)CCc2ccc(S)nc2)c(Nc2ccccc2)n1. The topological polar surface area (TPSA) is 54.9 Å². The predicted molar refractivity (Wildman–Crippen MR) is 103 cm³/mol. The number of Topliss-reactive ketones (excluding diaryl/α,β-unsaturated/α-hetero) is 1. The maximum atomic E-state index is 12.7. The zero-order valence-corrected chi connectivity index (χ0v) is 14.8. The van der Waals surface area contributed by atoms with E-state index in [-0.39, 0.29) is 5.78 Å². The molecule has 0 amide bonds. The molecule has 3 rings (SSSR count). The molecule has 4 nitrogen and oxygen atoms in total. The molecule has 2 heterocycles. The van der Waals surface area contributed by atoms with E-state index in [4.69, 9.17) is 0 Å². The van der Waals surface area contributed by atoms with Crippen LogP contribution in [0, 0.1) is 6.92 Å². The third-order valence-electron chi connectivity index (χ3n) is 3.82. The first kappa shape index (κ1) is 17.2. The Morgan fingerprint density at radius 1 is 1.08 bits per heavy atom. The van der Waals surface area contributed by atoms with E-state index >= 15 is 0 Å². The lowest BCUT2D eigenvalue weighted by Gasteiger charge is -2.11. The molecule has 0 radical (unpaired) electrons. The van der Waals surface area contributed by atoms with Crippen molar-refractivity contribution in [2.45, 2.75) is 24.8 Å². The number of benzene rings is 1. The Bertz CT molecular complexity index is 864. The fraction of sp³-hybridized carbons (Fsp3) is 0.150. The van der Waals surface area contributed by atoms with E-state index in [1.54, 1.807) is 6.20 Å². The molecule has 3 aromatic rings.